The molecule has 2 N–H and O–H groups in total. The Morgan fingerprint density at radius 3 is 3.09 bits per heavy atom. The molecule has 0 atom stereocenters. The monoisotopic (exact) mass is 167 g/mol. The highest BCUT2D eigenvalue weighted by Gasteiger charge is 2.00. The van der Waals surface area contributed by atoms with E-state index in [9.17, 15) is 0 Å². The lowest BCUT2D eigenvalue weighted by Crippen LogP contribution is -2.10. The molecule has 0 amide bonds. The fourth-order valence-corrected chi connectivity index (χ4v) is 1.33. The molecule has 0 bridgehead atoms. The fraction of sp³-hybridized carbons (Fsp3) is 0.143. The molecular formula is C7H9N3S. The zero-order chi connectivity index (χ0) is 8.27. The van der Waals surface area contributed by atoms with Gasteiger partial charge in [0, 0.05) is 12.4 Å². The van der Waals surface area contributed by atoms with Gasteiger partial charge in [-0.25, -0.2) is 9.98 Å². The number of amidine groups is 1. The van der Waals surface area contributed by atoms with E-state index in [1.165, 1.54) is 17.5 Å². The number of aromatic nitrogens is 1. The molecule has 1 heterocycles. The molecule has 4 heteroatoms. The molecule has 3 nitrogen and oxygen atoms in total. The number of thiazole rings is 1. The maximum absolute atomic E-state index is 5.57. The molecule has 0 aliphatic carbocycles. The van der Waals surface area contributed by atoms with Crippen LogP contribution in [0.1, 0.15) is 9.88 Å². The number of hydrogen-bond donors (Lipinski definition) is 1. The van der Waals surface area contributed by atoms with Gasteiger partial charge in [0.1, 0.15) is 5.84 Å². The molecule has 0 spiro atoms. The fourth-order valence-electron chi connectivity index (χ4n) is 0.642. The molecule has 0 aliphatic heterocycles. The van der Waals surface area contributed by atoms with Crippen LogP contribution in [-0.4, -0.2) is 10.8 Å². The van der Waals surface area contributed by atoms with Crippen LogP contribution >= 0.6 is 11.3 Å². The average molecular weight is 167 g/mol. The first-order valence-corrected chi connectivity index (χ1v) is 3.92. The minimum absolute atomic E-state index is 0.477. The minimum Gasteiger partial charge on any atom is -0.382 e. The van der Waals surface area contributed by atoms with Crippen LogP contribution in [0.2, 0.25) is 0 Å². The lowest BCUT2D eigenvalue weighted by atomic mass is 10.5. The van der Waals surface area contributed by atoms with Crippen LogP contribution in [0.15, 0.2) is 24.0 Å². The van der Waals surface area contributed by atoms with E-state index in [1.807, 2.05) is 6.92 Å². The van der Waals surface area contributed by atoms with Gasteiger partial charge in [-0.15, -0.1) is 11.3 Å². The Morgan fingerprint density at radius 2 is 2.64 bits per heavy atom. The Balaban J connectivity index is 2.93. The summed E-state index contributed by atoms with van der Waals surface area (Å²) < 4.78 is 0. The van der Waals surface area contributed by atoms with Crippen molar-refractivity contribution in [3.05, 3.63) is 28.9 Å². The third-order valence-corrected chi connectivity index (χ3v) is 2.04. The summed E-state index contributed by atoms with van der Waals surface area (Å²) in [4.78, 5) is 8.77. The van der Waals surface area contributed by atoms with Crippen LogP contribution in [0.25, 0.3) is 0 Å². The van der Waals surface area contributed by atoms with Crippen molar-refractivity contribution in [2.45, 2.75) is 6.92 Å². The van der Waals surface area contributed by atoms with Gasteiger partial charge in [-0.2, -0.15) is 0 Å². The lowest BCUT2D eigenvalue weighted by molar-refractivity contribution is 1.29. The third kappa shape index (κ3) is 1.88. The summed E-state index contributed by atoms with van der Waals surface area (Å²) in [5.74, 6) is 0.477. The zero-order valence-corrected chi connectivity index (χ0v) is 7.06. The van der Waals surface area contributed by atoms with Crippen molar-refractivity contribution in [3.63, 3.8) is 0 Å². The molecular weight excluding hydrogens is 158 g/mol. The van der Waals surface area contributed by atoms with Crippen molar-refractivity contribution < 1.29 is 0 Å². The second-order valence-corrected chi connectivity index (χ2v) is 3.18. The molecule has 0 unspecified atom stereocenters. The Hall–Kier alpha value is -1.16. The quantitative estimate of drug-likeness (QED) is 0.533. The van der Waals surface area contributed by atoms with E-state index in [0.717, 1.165) is 9.88 Å². The van der Waals surface area contributed by atoms with Crippen LogP contribution in [-0.2, 0) is 0 Å². The topological polar surface area (TPSA) is 51.3 Å². The molecule has 0 saturated heterocycles. The highest BCUT2D eigenvalue weighted by Crippen LogP contribution is 2.10. The normalized spacial score (nSPS) is 11.5. The van der Waals surface area contributed by atoms with Gasteiger partial charge in [0.2, 0.25) is 0 Å². The molecule has 0 aromatic carbocycles. The number of rotatable bonds is 2. The summed E-state index contributed by atoms with van der Waals surface area (Å²) in [7, 11) is 0. The van der Waals surface area contributed by atoms with E-state index in [2.05, 4.69) is 16.6 Å². The number of nitrogens with zero attached hydrogens (tertiary/aromatic N) is 2. The van der Waals surface area contributed by atoms with Gasteiger partial charge in [-0.05, 0) is 6.92 Å². The third-order valence-electron chi connectivity index (χ3n) is 1.10. The van der Waals surface area contributed by atoms with Crippen LogP contribution in [0.3, 0.4) is 0 Å². The summed E-state index contributed by atoms with van der Waals surface area (Å²) in [5, 5.41) is 0.988. The van der Waals surface area contributed by atoms with Gasteiger partial charge in [-0.1, -0.05) is 6.58 Å². The highest BCUT2D eigenvalue weighted by molar-refractivity contribution is 7.13. The number of nitrogens with two attached hydrogens (primary N) is 1. The van der Waals surface area contributed by atoms with Gasteiger partial charge in [0.25, 0.3) is 0 Å². The standard InChI is InChI=1S/C7H9N3S/c1-3-9-7(8)6-4-10-5(2)11-6/h3-4H,1H2,2H3,(H2,8,9). The maximum Gasteiger partial charge on any atom is 0.142 e. The number of aliphatic imine (C=N–C) groups is 1. The van der Waals surface area contributed by atoms with Crippen molar-refractivity contribution in [2.75, 3.05) is 0 Å². The van der Waals surface area contributed by atoms with Gasteiger partial charge < -0.3 is 5.73 Å². The molecule has 0 radical (unpaired) electrons. The highest BCUT2D eigenvalue weighted by atomic mass is 32.1. The van der Waals surface area contributed by atoms with E-state index in [1.54, 1.807) is 6.20 Å². The van der Waals surface area contributed by atoms with E-state index in [-0.39, 0.29) is 0 Å². The summed E-state index contributed by atoms with van der Waals surface area (Å²) in [5.41, 5.74) is 5.57. The Kier molecular flexibility index (Phi) is 2.38. The molecule has 1 rings (SSSR count). The first-order chi connectivity index (χ1) is 5.24. The molecule has 0 saturated carbocycles. The predicted molar refractivity (Wildman–Crippen MR) is 47.8 cm³/mol. The molecule has 11 heavy (non-hydrogen) atoms. The molecule has 1 aromatic heterocycles. The molecule has 1 aromatic rings. The van der Waals surface area contributed by atoms with Crippen LogP contribution in [0, 0.1) is 6.92 Å². The largest absolute Gasteiger partial charge is 0.382 e. The second-order valence-electron chi connectivity index (χ2n) is 1.94. The van der Waals surface area contributed by atoms with Gasteiger partial charge in [0.05, 0.1) is 9.88 Å². The average Bonchev–Trinajstić information content (AvgIpc) is 2.36. The first-order valence-electron chi connectivity index (χ1n) is 3.11. The van der Waals surface area contributed by atoms with Crippen molar-refractivity contribution >= 4 is 17.2 Å². The summed E-state index contributed by atoms with van der Waals surface area (Å²) in [6.45, 7) is 5.38. The van der Waals surface area contributed by atoms with Crippen molar-refractivity contribution in [1.29, 1.82) is 0 Å². The summed E-state index contributed by atoms with van der Waals surface area (Å²) in [6, 6.07) is 0. The van der Waals surface area contributed by atoms with Crippen LogP contribution < -0.4 is 5.73 Å². The predicted octanol–water partition coefficient (Wildman–Crippen LogP) is 1.30. The molecule has 0 fully saturated rings. The van der Waals surface area contributed by atoms with Crippen LogP contribution in [0.5, 0.6) is 0 Å². The molecule has 58 valence electrons. The second kappa shape index (κ2) is 3.30. The smallest absolute Gasteiger partial charge is 0.142 e. The van der Waals surface area contributed by atoms with Crippen molar-refractivity contribution in [2.24, 2.45) is 10.7 Å². The Morgan fingerprint density at radius 1 is 1.91 bits per heavy atom. The number of hydrogen-bond acceptors (Lipinski definition) is 3. The summed E-state index contributed by atoms with van der Waals surface area (Å²) >= 11 is 1.52. The van der Waals surface area contributed by atoms with E-state index in [0.29, 0.717) is 5.84 Å². The molecule has 0 aliphatic rings. The lowest BCUT2D eigenvalue weighted by Gasteiger charge is -1.89. The minimum atomic E-state index is 0.477. The van der Waals surface area contributed by atoms with Gasteiger partial charge in [-0.3, -0.25) is 0 Å². The zero-order valence-electron chi connectivity index (χ0n) is 6.24. The van der Waals surface area contributed by atoms with Crippen molar-refractivity contribution in [1.82, 2.24) is 4.98 Å². The Labute approximate surface area is 69.3 Å². The SMILES string of the molecule is C=CN=C(N)c1cnc(C)s1. The van der Waals surface area contributed by atoms with Crippen molar-refractivity contribution in [3.8, 4) is 0 Å². The first kappa shape index (κ1) is 7.94. The Bertz CT molecular complexity index is 288. The van der Waals surface area contributed by atoms with Gasteiger partial charge in [0.15, 0.2) is 0 Å². The van der Waals surface area contributed by atoms with E-state index in [4.69, 9.17) is 5.73 Å². The van der Waals surface area contributed by atoms with Gasteiger partial charge >= 0.3 is 0 Å². The number of aryl methyl sites for hydroxylation is 1. The summed E-state index contributed by atoms with van der Waals surface area (Å²) in [6.07, 6.45) is 3.13. The van der Waals surface area contributed by atoms with Crippen LogP contribution in [0.4, 0.5) is 0 Å². The maximum atomic E-state index is 5.57. The van der Waals surface area contributed by atoms with E-state index < -0.39 is 0 Å². The van der Waals surface area contributed by atoms with E-state index >= 15 is 0 Å².